The number of hydrogen-bond acceptors (Lipinski definition) is 2. The lowest BCUT2D eigenvalue weighted by Crippen LogP contribution is -2.08. The number of Topliss-reactive ketones (excluding diaryl/α,β-unsaturated/α-hetero) is 1. The third-order valence-electron chi connectivity index (χ3n) is 2.46. The van der Waals surface area contributed by atoms with Crippen molar-refractivity contribution in [3.05, 3.63) is 35.6 Å². The van der Waals surface area contributed by atoms with Crippen molar-refractivity contribution in [1.29, 1.82) is 0 Å². The van der Waals surface area contributed by atoms with Crippen LogP contribution in [0.25, 0.3) is 0 Å². The van der Waals surface area contributed by atoms with Crippen molar-refractivity contribution in [2.45, 2.75) is 32.6 Å². The fourth-order valence-corrected chi connectivity index (χ4v) is 1.50. The maximum absolute atomic E-state index is 12.9. The molecule has 0 radical (unpaired) electrons. The van der Waals surface area contributed by atoms with Crippen LogP contribution in [-0.4, -0.2) is 19.0 Å². The number of hydrogen-bond donors (Lipinski definition) is 0. The fraction of sp³-hybridized carbons (Fsp3) is 0.500. The van der Waals surface area contributed by atoms with Crippen LogP contribution in [0.3, 0.4) is 0 Å². The second-order valence-electron chi connectivity index (χ2n) is 4.06. The molecule has 0 aromatic heterocycles. The molecule has 0 amide bonds. The zero-order valence-electron chi connectivity index (χ0n) is 10.2. The molecule has 0 aliphatic carbocycles. The van der Waals surface area contributed by atoms with Gasteiger partial charge in [-0.1, -0.05) is 25.5 Å². The SMILES string of the molecule is CCCCOCCC(=O)Cc1cccc(F)c1. The zero-order valence-corrected chi connectivity index (χ0v) is 10.2. The Morgan fingerprint density at radius 1 is 1.35 bits per heavy atom. The normalized spacial score (nSPS) is 10.5. The van der Waals surface area contributed by atoms with Crippen molar-refractivity contribution in [3.63, 3.8) is 0 Å². The zero-order chi connectivity index (χ0) is 12.5. The summed E-state index contributed by atoms with van der Waals surface area (Å²) in [5, 5.41) is 0. The lowest BCUT2D eigenvalue weighted by molar-refractivity contribution is -0.119. The van der Waals surface area contributed by atoms with E-state index in [2.05, 4.69) is 6.92 Å². The maximum Gasteiger partial charge on any atom is 0.139 e. The second-order valence-corrected chi connectivity index (χ2v) is 4.06. The van der Waals surface area contributed by atoms with E-state index < -0.39 is 0 Å². The van der Waals surface area contributed by atoms with Crippen LogP contribution >= 0.6 is 0 Å². The summed E-state index contributed by atoms with van der Waals surface area (Å²) >= 11 is 0. The number of carbonyl (C=O) groups excluding carboxylic acids is 1. The first-order valence-electron chi connectivity index (χ1n) is 6.06. The summed E-state index contributed by atoms with van der Waals surface area (Å²) in [6, 6.07) is 6.16. The first-order valence-corrected chi connectivity index (χ1v) is 6.06. The first kappa shape index (κ1) is 13.8. The molecule has 1 aromatic rings. The molecule has 0 aliphatic rings. The minimum Gasteiger partial charge on any atom is -0.381 e. The van der Waals surface area contributed by atoms with Gasteiger partial charge in [-0.05, 0) is 24.1 Å². The van der Waals surface area contributed by atoms with Crippen LogP contribution in [0.5, 0.6) is 0 Å². The second kappa shape index (κ2) is 7.96. The molecule has 0 heterocycles. The third-order valence-corrected chi connectivity index (χ3v) is 2.46. The molecule has 94 valence electrons. The van der Waals surface area contributed by atoms with Crippen molar-refractivity contribution in [2.24, 2.45) is 0 Å². The van der Waals surface area contributed by atoms with E-state index in [-0.39, 0.29) is 18.0 Å². The molecule has 17 heavy (non-hydrogen) atoms. The highest BCUT2D eigenvalue weighted by Gasteiger charge is 2.04. The van der Waals surface area contributed by atoms with E-state index in [9.17, 15) is 9.18 Å². The molecule has 2 nitrogen and oxygen atoms in total. The van der Waals surface area contributed by atoms with Gasteiger partial charge in [-0.25, -0.2) is 4.39 Å². The van der Waals surface area contributed by atoms with Crippen LogP contribution in [-0.2, 0) is 16.0 Å². The first-order chi connectivity index (χ1) is 8.22. The molecule has 1 rings (SSSR count). The van der Waals surface area contributed by atoms with E-state index in [4.69, 9.17) is 4.74 Å². The van der Waals surface area contributed by atoms with Crippen LogP contribution in [0.1, 0.15) is 31.7 Å². The summed E-state index contributed by atoms with van der Waals surface area (Å²) in [5.74, 6) is -0.207. The number of ketones is 1. The Morgan fingerprint density at radius 3 is 2.88 bits per heavy atom. The van der Waals surface area contributed by atoms with Crippen LogP contribution in [0.15, 0.2) is 24.3 Å². The molecular formula is C14H19FO2. The minimum atomic E-state index is -0.297. The van der Waals surface area contributed by atoms with Gasteiger partial charge in [-0.2, -0.15) is 0 Å². The third kappa shape index (κ3) is 6.17. The van der Waals surface area contributed by atoms with Gasteiger partial charge in [-0.3, -0.25) is 4.79 Å². The van der Waals surface area contributed by atoms with Gasteiger partial charge in [0.05, 0.1) is 6.61 Å². The van der Waals surface area contributed by atoms with E-state index >= 15 is 0 Å². The summed E-state index contributed by atoms with van der Waals surface area (Å²) in [6.07, 6.45) is 2.81. The number of rotatable bonds is 8. The summed E-state index contributed by atoms with van der Waals surface area (Å²) in [6.45, 7) is 3.27. The molecule has 1 aromatic carbocycles. The molecule has 0 fully saturated rings. The number of halogens is 1. The van der Waals surface area contributed by atoms with E-state index in [1.54, 1.807) is 12.1 Å². The summed E-state index contributed by atoms with van der Waals surface area (Å²) in [7, 11) is 0. The van der Waals surface area contributed by atoms with Crippen LogP contribution in [0.2, 0.25) is 0 Å². The van der Waals surface area contributed by atoms with Crippen molar-refractivity contribution in [2.75, 3.05) is 13.2 Å². The van der Waals surface area contributed by atoms with Gasteiger partial charge in [0, 0.05) is 19.4 Å². The van der Waals surface area contributed by atoms with Crippen molar-refractivity contribution in [1.82, 2.24) is 0 Å². The lowest BCUT2D eigenvalue weighted by Gasteiger charge is -2.03. The van der Waals surface area contributed by atoms with Gasteiger partial charge in [0.15, 0.2) is 0 Å². The predicted octanol–water partition coefficient (Wildman–Crippen LogP) is 3.14. The van der Waals surface area contributed by atoms with Crippen molar-refractivity contribution in [3.8, 4) is 0 Å². The largest absolute Gasteiger partial charge is 0.381 e. The molecular weight excluding hydrogens is 219 g/mol. The van der Waals surface area contributed by atoms with Crippen molar-refractivity contribution < 1.29 is 13.9 Å². The molecule has 0 spiro atoms. The molecule has 0 aliphatic heterocycles. The van der Waals surface area contributed by atoms with Gasteiger partial charge in [0.2, 0.25) is 0 Å². The summed E-state index contributed by atoms with van der Waals surface area (Å²) in [4.78, 5) is 11.6. The monoisotopic (exact) mass is 238 g/mol. The Hall–Kier alpha value is -1.22. The van der Waals surface area contributed by atoms with Crippen LogP contribution in [0.4, 0.5) is 4.39 Å². The van der Waals surface area contributed by atoms with E-state index in [1.165, 1.54) is 12.1 Å². The molecule has 0 N–H and O–H groups in total. The molecule has 0 bridgehead atoms. The molecule has 0 saturated carbocycles. The van der Waals surface area contributed by atoms with Gasteiger partial charge < -0.3 is 4.74 Å². The Morgan fingerprint density at radius 2 is 2.18 bits per heavy atom. The van der Waals surface area contributed by atoms with E-state index in [1.807, 2.05) is 0 Å². The van der Waals surface area contributed by atoms with Crippen LogP contribution < -0.4 is 0 Å². The standard InChI is InChI=1S/C14H19FO2/c1-2-3-8-17-9-7-14(16)11-12-5-4-6-13(15)10-12/h4-6,10H,2-3,7-9,11H2,1H3. The lowest BCUT2D eigenvalue weighted by atomic mass is 10.1. The molecule has 3 heteroatoms. The van der Waals surface area contributed by atoms with Crippen LogP contribution in [0, 0.1) is 5.82 Å². The average molecular weight is 238 g/mol. The Bertz CT molecular complexity index is 350. The van der Waals surface area contributed by atoms with Gasteiger partial charge >= 0.3 is 0 Å². The van der Waals surface area contributed by atoms with Crippen molar-refractivity contribution >= 4 is 5.78 Å². The molecule has 0 unspecified atom stereocenters. The Kier molecular flexibility index (Phi) is 6.48. The number of ether oxygens (including phenoxy) is 1. The number of unbranched alkanes of at least 4 members (excludes halogenated alkanes) is 1. The van der Waals surface area contributed by atoms with Gasteiger partial charge in [0.1, 0.15) is 11.6 Å². The highest BCUT2D eigenvalue weighted by atomic mass is 19.1. The molecule has 0 atom stereocenters. The quantitative estimate of drug-likeness (QED) is 0.650. The Labute approximate surface area is 102 Å². The summed E-state index contributed by atoms with van der Waals surface area (Å²) in [5.41, 5.74) is 0.726. The van der Waals surface area contributed by atoms with E-state index in [0.29, 0.717) is 19.6 Å². The molecule has 0 saturated heterocycles. The highest BCUT2D eigenvalue weighted by molar-refractivity contribution is 5.80. The topological polar surface area (TPSA) is 26.3 Å². The summed E-state index contributed by atoms with van der Waals surface area (Å²) < 4.78 is 18.2. The Balaban J connectivity index is 2.21. The maximum atomic E-state index is 12.9. The smallest absolute Gasteiger partial charge is 0.139 e. The predicted molar refractivity (Wildman–Crippen MR) is 65.5 cm³/mol. The minimum absolute atomic E-state index is 0.0899. The van der Waals surface area contributed by atoms with Gasteiger partial charge in [-0.15, -0.1) is 0 Å². The fourth-order valence-electron chi connectivity index (χ4n) is 1.50. The number of carbonyl (C=O) groups is 1. The highest BCUT2D eigenvalue weighted by Crippen LogP contribution is 2.05. The number of benzene rings is 1. The van der Waals surface area contributed by atoms with E-state index in [0.717, 1.165) is 18.4 Å². The van der Waals surface area contributed by atoms with Gasteiger partial charge in [0.25, 0.3) is 0 Å². The average Bonchev–Trinajstić information content (AvgIpc) is 2.29.